The molecule has 90 valence electrons. The standard InChI is InChI=1S/C13H21NO2/c1-3-14-11(2)12-7-4-5-8-13(12)16-10-6-9-15/h4-5,7-8,11,14-15H,3,6,9-10H2,1-2H3. The SMILES string of the molecule is CCNC(C)c1ccccc1OCCCO. The van der Waals surface area contributed by atoms with Gasteiger partial charge in [-0.3, -0.25) is 0 Å². The first-order valence-corrected chi connectivity index (χ1v) is 5.85. The van der Waals surface area contributed by atoms with Gasteiger partial charge in [-0.15, -0.1) is 0 Å². The summed E-state index contributed by atoms with van der Waals surface area (Å²) in [5, 5.41) is 12.1. The molecule has 3 nitrogen and oxygen atoms in total. The highest BCUT2D eigenvalue weighted by molar-refractivity contribution is 5.35. The Morgan fingerprint density at radius 1 is 1.38 bits per heavy atom. The zero-order chi connectivity index (χ0) is 11.8. The topological polar surface area (TPSA) is 41.5 Å². The van der Waals surface area contributed by atoms with Crippen LogP contribution in [-0.4, -0.2) is 24.9 Å². The Balaban J connectivity index is 2.67. The number of ether oxygens (including phenoxy) is 1. The second kappa shape index (κ2) is 7.25. The lowest BCUT2D eigenvalue weighted by atomic mass is 10.1. The van der Waals surface area contributed by atoms with Crippen molar-refractivity contribution in [3.05, 3.63) is 29.8 Å². The fraction of sp³-hybridized carbons (Fsp3) is 0.538. The molecule has 0 bridgehead atoms. The number of nitrogens with one attached hydrogen (secondary N) is 1. The van der Waals surface area contributed by atoms with E-state index in [4.69, 9.17) is 9.84 Å². The molecule has 1 atom stereocenters. The van der Waals surface area contributed by atoms with Crippen LogP contribution >= 0.6 is 0 Å². The lowest BCUT2D eigenvalue weighted by molar-refractivity contribution is 0.232. The summed E-state index contributed by atoms with van der Waals surface area (Å²) < 4.78 is 5.65. The van der Waals surface area contributed by atoms with E-state index in [-0.39, 0.29) is 12.6 Å². The fourth-order valence-electron chi connectivity index (χ4n) is 1.63. The smallest absolute Gasteiger partial charge is 0.124 e. The number of rotatable bonds is 7. The van der Waals surface area contributed by atoms with Gasteiger partial charge in [0.05, 0.1) is 6.61 Å². The lowest BCUT2D eigenvalue weighted by Crippen LogP contribution is -2.18. The van der Waals surface area contributed by atoms with Gasteiger partial charge >= 0.3 is 0 Å². The molecule has 0 aromatic heterocycles. The molecular formula is C13H21NO2. The van der Waals surface area contributed by atoms with Crippen molar-refractivity contribution in [2.45, 2.75) is 26.3 Å². The molecule has 2 N–H and O–H groups in total. The minimum absolute atomic E-state index is 0.172. The van der Waals surface area contributed by atoms with E-state index in [1.54, 1.807) is 0 Å². The molecule has 0 fully saturated rings. The molecule has 0 aliphatic rings. The third kappa shape index (κ3) is 3.83. The highest BCUT2D eigenvalue weighted by atomic mass is 16.5. The van der Waals surface area contributed by atoms with Crippen LogP contribution in [0.25, 0.3) is 0 Å². The average molecular weight is 223 g/mol. The van der Waals surface area contributed by atoms with Gasteiger partial charge in [-0.05, 0) is 19.5 Å². The summed E-state index contributed by atoms with van der Waals surface area (Å²) in [4.78, 5) is 0. The maximum absolute atomic E-state index is 8.71. The van der Waals surface area contributed by atoms with Crippen molar-refractivity contribution < 1.29 is 9.84 Å². The predicted molar refractivity (Wildman–Crippen MR) is 65.7 cm³/mol. The molecule has 16 heavy (non-hydrogen) atoms. The molecular weight excluding hydrogens is 202 g/mol. The molecule has 0 spiro atoms. The predicted octanol–water partition coefficient (Wildman–Crippen LogP) is 2.12. The van der Waals surface area contributed by atoms with Crippen LogP contribution in [-0.2, 0) is 0 Å². The zero-order valence-corrected chi connectivity index (χ0v) is 10.1. The second-order valence-electron chi connectivity index (χ2n) is 3.74. The van der Waals surface area contributed by atoms with E-state index in [9.17, 15) is 0 Å². The summed E-state index contributed by atoms with van der Waals surface area (Å²) in [5.74, 6) is 0.907. The normalized spacial score (nSPS) is 12.4. The Kier molecular flexibility index (Phi) is 5.90. The van der Waals surface area contributed by atoms with Gasteiger partial charge in [-0.2, -0.15) is 0 Å². The highest BCUT2D eigenvalue weighted by Crippen LogP contribution is 2.24. The Hall–Kier alpha value is -1.06. The van der Waals surface area contributed by atoms with Crippen LogP contribution in [0.15, 0.2) is 24.3 Å². The van der Waals surface area contributed by atoms with Gasteiger partial charge < -0.3 is 15.2 Å². The van der Waals surface area contributed by atoms with Crippen LogP contribution in [0.3, 0.4) is 0 Å². The van der Waals surface area contributed by atoms with Gasteiger partial charge in [0.25, 0.3) is 0 Å². The number of benzene rings is 1. The van der Waals surface area contributed by atoms with E-state index in [0.717, 1.165) is 12.3 Å². The van der Waals surface area contributed by atoms with E-state index in [1.165, 1.54) is 5.56 Å². The van der Waals surface area contributed by atoms with Crippen molar-refractivity contribution >= 4 is 0 Å². The van der Waals surface area contributed by atoms with E-state index in [1.807, 2.05) is 18.2 Å². The summed E-state index contributed by atoms with van der Waals surface area (Å²) in [6.45, 7) is 5.88. The molecule has 1 rings (SSSR count). The molecule has 0 aliphatic heterocycles. The van der Waals surface area contributed by atoms with Crippen molar-refractivity contribution in [3.8, 4) is 5.75 Å². The van der Waals surface area contributed by atoms with Crippen LogP contribution in [0.5, 0.6) is 5.75 Å². The van der Waals surface area contributed by atoms with Crippen molar-refractivity contribution in [1.82, 2.24) is 5.32 Å². The summed E-state index contributed by atoms with van der Waals surface area (Å²) >= 11 is 0. The minimum Gasteiger partial charge on any atom is -0.493 e. The van der Waals surface area contributed by atoms with Gasteiger partial charge in [-0.25, -0.2) is 0 Å². The number of para-hydroxylation sites is 1. The van der Waals surface area contributed by atoms with Gasteiger partial charge in [0, 0.05) is 24.6 Å². The molecule has 0 saturated heterocycles. The summed E-state index contributed by atoms with van der Waals surface area (Å²) in [6.07, 6.45) is 0.671. The summed E-state index contributed by atoms with van der Waals surface area (Å²) in [5.41, 5.74) is 1.17. The number of hydrogen-bond acceptors (Lipinski definition) is 3. The van der Waals surface area contributed by atoms with Gasteiger partial charge in [0.1, 0.15) is 5.75 Å². The molecule has 3 heteroatoms. The van der Waals surface area contributed by atoms with Crippen molar-refractivity contribution in [3.63, 3.8) is 0 Å². The van der Waals surface area contributed by atoms with E-state index in [2.05, 4.69) is 25.2 Å². The number of aliphatic hydroxyl groups is 1. The lowest BCUT2D eigenvalue weighted by Gasteiger charge is -2.17. The number of aliphatic hydroxyl groups excluding tert-OH is 1. The third-order valence-corrected chi connectivity index (χ3v) is 2.46. The maximum Gasteiger partial charge on any atom is 0.124 e. The largest absolute Gasteiger partial charge is 0.493 e. The number of hydrogen-bond donors (Lipinski definition) is 2. The quantitative estimate of drug-likeness (QED) is 0.696. The Labute approximate surface area is 97.4 Å². The summed E-state index contributed by atoms with van der Waals surface area (Å²) in [6, 6.07) is 8.32. The van der Waals surface area contributed by atoms with Crippen LogP contribution in [0, 0.1) is 0 Å². The van der Waals surface area contributed by atoms with Crippen molar-refractivity contribution in [1.29, 1.82) is 0 Å². The Morgan fingerprint density at radius 3 is 2.81 bits per heavy atom. The monoisotopic (exact) mass is 223 g/mol. The first-order valence-electron chi connectivity index (χ1n) is 5.85. The van der Waals surface area contributed by atoms with Crippen molar-refractivity contribution in [2.24, 2.45) is 0 Å². The van der Waals surface area contributed by atoms with Crippen LogP contribution in [0.4, 0.5) is 0 Å². The van der Waals surface area contributed by atoms with E-state index >= 15 is 0 Å². The molecule has 0 heterocycles. The summed E-state index contributed by atoms with van der Waals surface area (Å²) in [7, 11) is 0. The molecule has 1 unspecified atom stereocenters. The van der Waals surface area contributed by atoms with Crippen LogP contribution < -0.4 is 10.1 Å². The second-order valence-corrected chi connectivity index (χ2v) is 3.74. The van der Waals surface area contributed by atoms with Crippen LogP contribution in [0.1, 0.15) is 31.9 Å². The first-order chi connectivity index (χ1) is 7.79. The van der Waals surface area contributed by atoms with E-state index in [0.29, 0.717) is 13.0 Å². The van der Waals surface area contributed by atoms with E-state index < -0.39 is 0 Å². The molecule has 0 radical (unpaired) electrons. The fourth-order valence-corrected chi connectivity index (χ4v) is 1.63. The maximum atomic E-state index is 8.71. The minimum atomic E-state index is 0.172. The molecule has 1 aromatic rings. The Bertz CT molecular complexity index is 302. The van der Waals surface area contributed by atoms with Gasteiger partial charge in [0.15, 0.2) is 0 Å². The highest BCUT2D eigenvalue weighted by Gasteiger charge is 2.09. The van der Waals surface area contributed by atoms with Crippen LogP contribution in [0.2, 0.25) is 0 Å². The zero-order valence-electron chi connectivity index (χ0n) is 10.1. The molecule has 1 aromatic carbocycles. The molecule has 0 saturated carbocycles. The Morgan fingerprint density at radius 2 is 2.12 bits per heavy atom. The average Bonchev–Trinajstić information content (AvgIpc) is 2.30. The molecule has 0 amide bonds. The first kappa shape index (κ1) is 13.0. The van der Waals surface area contributed by atoms with Gasteiger partial charge in [0.2, 0.25) is 0 Å². The van der Waals surface area contributed by atoms with Crippen molar-refractivity contribution in [2.75, 3.05) is 19.8 Å². The molecule has 0 aliphatic carbocycles. The third-order valence-electron chi connectivity index (χ3n) is 2.46. The van der Waals surface area contributed by atoms with Gasteiger partial charge in [-0.1, -0.05) is 25.1 Å².